The molecule has 0 aliphatic heterocycles. The van der Waals surface area contributed by atoms with E-state index in [1.807, 2.05) is 6.92 Å². The largest absolute Gasteiger partial charge is 0.464 e. The highest BCUT2D eigenvalue weighted by molar-refractivity contribution is 14.1. The first-order valence-electron chi connectivity index (χ1n) is 3.77. The number of esters is 1. The summed E-state index contributed by atoms with van der Waals surface area (Å²) in [5, 5.41) is 0. The number of hydrogen-bond donors (Lipinski definition) is 0. The van der Waals surface area contributed by atoms with Crippen molar-refractivity contribution in [3.63, 3.8) is 0 Å². The summed E-state index contributed by atoms with van der Waals surface area (Å²) in [5.74, 6) is -5.02. The lowest BCUT2D eigenvalue weighted by molar-refractivity contribution is -0.161. The van der Waals surface area contributed by atoms with Gasteiger partial charge in [0.2, 0.25) is 0 Å². The molecule has 0 atom stereocenters. The lowest BCUT2D eigenvalue weighted by Crippen LogP contribution is -2.27. The molecular weight excluding hydrogens is 293 g/mol. The van der Waals surface area contributed by atoms with Crippen LogP contribution in [-0.2, 0) is 9.53 Å². The Balaban J connectivity index is 4.46. The molecule has 0 heterocycles. The molecule has 0 aromatic rings. The van der Waals surface area contributed by atoms with Crippen molar-refractivity contribution in [3.05, 3.63) is 9.66 Å². The van der Waals surface area contributed by atoms with E-state index in [1.165, 1.54) is 0 Å². The molecule has 0 saturated heterocycles. The van der Waals surface area contributed by atoms with Gasteiger partial charge >= 0.3 is 11.9 Å². The van der Waals surface area contributed by atoms with Gasteiger partial charge in [0.15, 0.2) is 0 Å². The van der Waals surface area contributed by atoms with Gasteiger partial charge in [-0.2, -0.15) is 8.78 Å². The molecule has 0 rings (SSSR count). The quantitative estimate of drug-likeness (QED) is 0.590. The minimum absolute atomic E-state index is 0.468. The van der Waals surface area contributed by atoms with Gasteiger partial charge in [-0.3, -0.25) is 0 Å². The van der Waals surface area contributed by atoms with Gasteiger partial charge in [-0.05, 0) is 32.6 Å². The minimum atomic E-state index is -3.50. The van der Waals surface area contributed by atoms with Gasteiger partial charge in [0.25, 0.3) is 0 Å². The maximum atomic E-state index is 12.8. The number of ether oxygens (including phenoxy) is 1. The number of methoxy groups -OCH3 is 1. The molecule has 0 saturated carbocycles. The maximum absolute atomic E-state index is 12.8. The summed E-state index contributed by atoms with van der Waals surface area (Å²) in [7, 11) is 0.941. The van der Waals surface area contributed by atoms with E-state index in [0.717, 1.165) is 13.5 Å². The Morgan fingerprint density at radius 1 is 1.62 bits per heavy atom. The Bertz CT molecular complexity index is 214. The number of allylic oxidation sites excluding steroid dienone is 1. The van der Waals surface area contributed by atoms with Crippen molar-refractivity contribution < 1.29 is 18.3 Å². The summed E-state index contributed by atoms with van der Waals surface area (Å²) in [6, 6.07) is 0. The predicted molar refractivity (Wildman–Crippen MR) is 54.0 cm³/mol. The van der Waals surface area contributed by atoms with Crippen LogP contribution in [0.3, 0.4) is 0 Å². The summed E-state index contributed by atoms with van der Waals surface area (Å²) < 4.78 is 30.1. The maximum Gasteiger partial charge on any atom is 0.381 e. The molecule has 0 aromatic carbocycles. The van der Waals surface area contributed by atoms with Gasteiger partial charge in [-0.15, -0.1) is 0 Å². The molecule has 0 radical (unpaired) electrons. The molecule has 0 aromatic heterocycles. The van der Waals surface area contributed by atoms with Crippen LogP contribution in [0.4, 0.5) is 8.78 Å². The van der Waals surface area contributed by atoms with Crippen molar-refractivity contribution in [1.82, 2.24) is 0 Å². The lowest BCUT2D eigenvalue weighted by atomic mass is 10.2. The van der Waals surface area contributed by atoms with Crippen molar-refractivity contribution in [1.29, 1.82) is 0 Å². The van der Waals surface area contributed by atoms with Crippen molar-refractivity contribution in [2.75, 3.05) is 7.11 Å². The van der Waals surface area contributed by atoms with Crippen LogP contribution >= 0.6 is 22.6 Å². The normalized spacial score (nSPS) is 12.8. The Morgan fingerprint density at radius 3 is 2.54 bits per heavy atom. The SMILES string of the molecule is CCCC(I)=CC(F)(F)C(=O)OC. The highest BCUT2D eigenvalue weighted by atomic mass is 127. The van der Waals surface area contributed by atoms with E-state index in [-0.39, 0.29) is 0 Å². The summed E-state index contributed by atoms with van der Waals surface area (Å²) >= 11 is 1.79. The second-order valence-electron chi connectivity index (χ2n) is 2.46. The van der Waals surface area contributed by atoms with Gasteiger partial charge in [-0.1, -0.05) is 13.3 Å². The van der Waals surface area contributed by atoms with Crippen LogP contribution in [0.2, 0.25) is 0 Å². The third-order valence-corrected chi connectivity index (χ3v) is 2.14. The second kappa shape index (κ2) is 5.51. The topological polar surface area (TPSA) is 26.3 Å². The molecule has 0 fully saturated rings. The fourth-order valence-corrected chi connectivity index (χ4v) is 1.63. The number of alkyl halides is 2. The third-order valence-electron chi connectivity index (χ3n) is 1.28. The molecule has 13 heavy (non-hydrogen) atoms. The predicted octanol–water partition coefficient (Wildman–Crippen LogP) is 2.91. The summed E-state index contributed by atoms with van der Waals surface area (Å²) in [6.07, 6.45) is 1.96. The molecule has 0 unspecified atom stereocenters. The first kappa shape index (κ1) is 12.8. The Labute approximate surface area is 89.5 Å². The second-order valence-corrected chi connectivity index (χ2v) is 3.84. The van der Waals surface area contributed by atoms with E-state index in [2.05, 4.69) is 4.74 Å². The van der Waals surface area contributed by atoms with E-state index in [9.17, 15) is 13.6 Å². The standard InChI is InChI=1S/C8H11F2IO2/c1-3-4-6(11)5-8(9,10)7(12)13-2/h5H,3-4H2,1-2H3. The molecule has 5 heteroatoms. The minimum Gasteiger partial charge on any atom is -0.464 e. The lowest BCUT2D eigenvalue weighted by Gasteiger charge is -2.09. The van der Waals surface area contributed by atoms with E-state index < -0.39 is 11.9 Å². The molecular formula is C8H11F2IO2. The van der Waals surface area contributed by atoms with Crippen LogP contribution in [0.25, 0.3) is 0 Å². The molecule has 76 valence electrons. The van der Waals surface area contributed by atoms with Crippen LogP contribution in [0.1, 0.15) is 19.8 Å². The molecule has 0 spiro atoms. The van der Waals surface area contributed by atoms with E-state index >= 15 is 0 Å². The number of halogens is 3. The fourth-order valence-electron chi connectivity index (χ4n) is 0.703. The number of rotatable bonds is 4. The average Bonchev–Trinajstić information content (AvgIpc) is 2.02. The molecule has 0 N–H and O–H groups in total. The zero-order chi connectivity index (χ0) is 10.5. The van der Waals surface area contributed by atoms with Gasteiger partial charge in [-0.25, -0.2) is 4.79 Å². The summed E-state index contributed by atoms with van der Waals surface area (Å²) in [6.45, 7) is 1.88. The Hall–Kier alpha value is -0.200. The van der Waals surface area contributed by atoms with Crippen molar-refractivity contribution in [3.8, 4) is 0 Å². The number of carbonyl (C=O) groups excluding carboxylic acids is 1. The van der Waals surface area contributed by atoms with Crippen LogP contribution in [0.15, 0.2) is 9.66 Å². The van der Waals surface area contributed by atoms with E-state index in [4.69, 9.17) is 0 Å². The van der Waals surface area contributed by atoms with Crippen LogP contribution < -0.4 is 0 Å². The van der Waals surface area contributed by atoms with Crippen molar-refractivity contribution in [2.24, 2.45) is 0 Å². The number of carbonyl (C=O) groups is 1. The van der Waals surface area contributed by atoms with Gasteiger partial charge in [0.1, 0.15) is 0 Å². The first-order valence-corrected chi connectivity index (χ1v) is 4.85. The zero-order valence-corrected chi connectivity index (χ0v) is 9.60. The molecule has 0 aliphatic rings. The van der Waals surface area contributed by atoms with Crippen molar-refractivity contribution in [2.45, 2.75) is 25.7 Å². The zero-order valence-electron chi connectivity index (χ0n) is 7.44. The average molecular weight is 304 g/mol. The Kier molecular flexibility index (Phi) is 5.43. The highest BCUT2D eigenvalue weighted by Crippen LogP contribution is 2.24. The van der Waals surface area contributed by atoms with E-state index in [0.29, 0.717) is 16.1 Å². The van der Waals surface area contributed by atoms with Crippen LogP contribution in [0, 0.1) is 0 Å². The van der Waals surface area contributed by atoms with Crippen LogP contribution in [-0.4, -0.2) is 19.0 Å². The number of hydrogen-bond acceptors (Lipinski definition) is 2. The Morgan fingerprint density at radius 2 is 2.15 bits per heavy atom. The van der Waals surface area contributed by atoms with E-state index in [1.54, 1.807) is 22.6 Å². The molecule has 0 bridgehead atoms. The monoisotopic (exact) mass is 304 g/mol. The van der Waals surface area contributed by atoms with Gasteiger partial charge in [0.05, 0.1) is 7.11 Å². The third kappa shape index (κ3) is 4.54. The van der Waals surface area contributed by atoms with Crippen LogP contribution in [0.5, 0.6) is 0 Å². The fraction of sp³-hybridized carbons (Fsp3) is 0.625. The first-order chi connectivity index (χ1) is 5.94. The van der Waals surface area contributed by atoms with Gasteiger partial charge in [0, 0.05) is 6.08 Å². The summed E-state index contributed by atoms with van der Waals surface area (Å²) in [4.78, 5) is 10.6. The molecule has 0 aliphatic carbocycles. The highest BCUT2D eigenvalue weighted by Gasteiger charge is 2.37. The molecule has 2 nitrogen and oxygen atoms in total. The smallest absolute Gasteiger partial charge is 0.381 e. The van der Waals surface area contributed by atoms with Crippen molar-refractivity contribution >= 4 is 28.6 Å². The summed E-state index contributed by atoms with van der Waals surface area (Å²) in [5.41, 5.74) is 0. The van der Waals surface area contributed by atoms with Gasteiger partial charge < -0.3 is 4.74 Å². The molecule has 0 amide bonds.